The molecule has 0 unspecified atom stereocenters. The molecule has 1 heterocycles. The van der Waals surface area contributed by atoms with Gasteiger partial charge >= 0.3 is 6.18 Å². The van der Waals surface area contributed by atoms with E-state index in [4.69, 9.17) is 4.74 Å². The number of halogens is 3. The number of carbonyl (C=O) groups excluding carboxylic acids is 3. The summed E-state index contributed by atoms with van der Waals surface area (Å²) in [6.45, 7) is 0.145. The highest BCUT2D eigenvalue weighted by Gasteiger charge is 2.33. The van der Waals surface area contributed by atoms with Crippen LogP contribution >= 0.6 is 0 Å². The van der Waals surface area contributed by atoms with Gasteiger partial charge in [0, 0.05) is 12.6 Å². The van der Waals surface area contributed by atoms with Crippen molar-refractivity contribution in [3.8, 4) is 5.75 Å². The maximum atomic E-state index is 12.5. The van der Waals surface area contributed by atoms with E-state index >= 15 is 0 Å². The van der Waals surface area contributed by atoms with E-state index in [1.165, 1.54) is 37.4 Å². The quantitative estimate of drug-likeness (QED) is 0.627. The van der Waals surface area contributed by atoms with E-state index in [-0.39, 0.29) is 35.6 Å². The summed E-state index contributed by atoms with van der Waals surface area (Å²) < 4.78 is 42.8. The van der Waals surface area contributed by atoms with Gasteiger partial charge in [-0.05, 0) is 42.5 Å². The van der Waals surface area contributed by atoms with E-state index in [0.29, 0.717) is 0 Å². The molecule has 0 saturated heterocycles. The van der Waals surface area contributed by atoms with Crippen LogP contribution in [0.2, 0.25) is 0 Å². The first kappa shape index (κ1) is 19.4. The van der Waals surface area contributed by atoms with E-state index in [1.807, 2.05) is 0 Å². The first-order chi connectivity index (χ1) is 13.2. The predicted molar refractivity (Wildman–Crippen MR) is 92.1 cm³/mol. The van der Waals surface area contributed by atoms with E-state index in [2.05, 4.69) is 5.32 Å². The molecular weight excluding hydrogens is 377 g/mol. The second-order valence-electron chi connectivity index (χ2n) is 6.06. The summed E-state index contributed by atoms with van der Waals surface area (Å²) >= 11 is 0. The van der Waals surface area contributed by atoms with Gasteiger partial charge in [0.2, 0.25) is 0 Å². The summed E-state index contributed by atoms with van der Waals surface area (Å²) in [5.74, 6) is -1.11. The third-order valence-electron chi connectivity index (χ3n) is 4.19. The van der Waals surface area contributed by atoms with Gasteiger partial charge in [0.25, 0.3) is 17.7 Å². The first-order valence-corrected chi connectivity index (χ1v) is 8.23. The molecule has 0 atom stereocenters. The molecule has 2 aromatic rings. The number of nitrogens with one attached hydrogen (secondary N) is 1. The summed E-state index contributed by atoms with van der Waals surface area (Å²) in [6.07, 6.45) is -4.41. The molecule has 1 N–H and O–H groups in total. The zero-order chi connectivity index (χ0) is 20.5. The summed E-state index contributed by atoms with van der Waals surface area (Å²) in [7, 11) is 1.36. The highest BCUT2D eigenvalue weighted by molar-refractivity contribution is 6.21. The molecule has 0 fully saturated rings. The Kier molecular flexibility index (Phi) is 5.08. The van der Waals surface area contributed by atoms with Gasteiger partial charge in [0.05, 0.1) is 23.2 Å². The number of hydrogen-bond donors (Lipinski definition) is 1. The fourth-order valence-corrected chi connectivity index (χ4v) is 2.68. The van der Waals surface area contributed by atoms with Crippen LogP contribution in [0.1, 0.15) is 36.6 Å². The van der Waals surface area contributed by atoms with Gasteiger partial charge in [-0.15, -0.1) is 0 Å². The maximum absolute atomic E-state index is 12.5. The summed E-state index contributed by atoms with van der Waals surface area (Å²) in [4.78, 5) is 37.0. The molecule has 146 valence electrons. The van der Waals surface area contributed by atoms with Crippen molar-refractivity contribution in [1.29, 1.82) is 0 Å². The van der Waals surface area contributed by atoms with Gasteiger partial charge in [-0.2, -0.15) is 13.2 Å². The van der Waals surface area contributed by atoms with E-state index < -0.39 is 29.5 Å². The molecule has 6 nitrogen and oxygen atoms in total. The lowest BCUT2D eigenvalue weighted by Gasteiger charge is -2.10. The molecule has 3 rings (SSSR count). The summed E-state index contributed by atoms with van der Waals surface area (Å²) in [5.41, 5.74) is -0.149. The fourth-order valence-electron chi connectivity index (χ4n) is 2.68. The molecular formula is C19H15F3N2O4. The standard InChI is InChI=1S/C19H15F3N2O4/c1-24-17(26)14-7-2-11(10-15(14)18(24)27)16(25)23-8-9-28-13-5-3-12(4-6-13)19(20,21)22/h2-7,10H,8-9H2,1H3,(H,23,25). The number of rotatable bonds is 5. The average molecular weight is 392 g/mol. The molecule has 2 aromatic carbocycles. The number of ether oxygens (including phenoxy) is 1. The Morgan fingerprint density at radius 1 is 1.04 bits per heavy atom. The van der Waals surface area contributed by atoms with Crippen molar-refractivity contribution in [2.24, 2.45) is 0 Å². The van der Waals surface area contributed by atoms with Crippen LogP contribution in [0.3, 0.4) is 0 Å². The number of alkyl halides is 3. The van der Waals surface area contributed by atoms with Crippen molar-refractivity contribution < 1.29 is 32.3 Å². The summed E-state index contributed by atoms with van der Waals surface area (Å²) in [5, 5.41) is 2.58. The van der Waals surface area contributed by atoms with E-state index in [0.717, 1.165) is 17.0 Å². The lowest BCUT2D eigenvalue weighted by molar-refractivity contribution is -0.137. The monoisotopic (exact) mass is 392 g/mol. The largest absolute Gasteiger partial charge is 0.492 e. The van der Waals surface area contributed by atoms with Crippen LogP contribution in [-0.2, 0) is 6.18 Å². The Labute approximate surface area is 157 Å². The van der Waals surface area contributed by atoms with E-state index in [9.17, 15) is 27.6 Å². The smallest absolute Gasteiger partial charge is 0.416 e. The number of carbonyl (C=O) groups is 3. The second kappa shape index (κ2) is 7.34. The molecule has 9 heteroatoms. The van der Waals surface area contributed by atoms with Crippen molar-refractivity contribution >= 4 is 17.7 Å². The minimum atomic E-state index is -4.41. The number of amides is 3. The molecule has 3 amide bonds. The van der Waals surface area contributed by atoms with Gasteiger partial charge < -0.3 is 10.1 Å². The summed E-state index contributed by atoms with van der Waals surface area (Å²) in [6, 6.07) is 8.43. The fraction of sp³-hybridized carbons (Fsp3) is 0.211. The molecule has 0 bridgehead atoms. The first-order valence-electron chi connectivity index (χ1n) is 8.23. The van der Waals surface area contributed by atoms with Crippen molar-refractivity contribution in [3.05, 3.63) is 64.7 Å². The topological polar surface area (TPSA) is 75.7 Å². The lowest BCUT2D eigenvalue weighted by Crippen LogP contribution is -2.28. The Morgan fingerprint density at radius 3 is 2.32 bits per heavy atom. The number of nitrogens with zero attached hydrogens (tertiary/aromatic N) is 1. The van der Waals surface area contributed by atoms with Gasteiger partial charge in [-0.3, -0.25) is 19.3 Å². The molecule has 0 spiro atoms. The highest BCUT2D eigenvalue weighted by Crippen LogP contribution is 2.30. The van der Waals surface area contributed by atoms with Gasteiger partial charge in [-0.1, -0.05) is 0 Å². The third-order valence-corrected chi connectivity index (χ3v) is 4.19. The Morgan fingerprint density at radius 2 is 1.68 bits per heavy atom. The van der Waals surface area contributed by atoms with E-state index in [1.54, 1.807) is 0 Å². The third kappa shape index (κ3) is 3.83. The zero-order valence-electron chi connectivity index (χ0n) is 14.7. The van der Waals surface area contributed by atoms with Crippen LogP contribution in [0.5, 0.6) is 5.75 Å². The molecule has 1 aliphatic rings. The van der Waals surface area contributed by atoms with Crippen LogP contribution in [0.4, 0.5) is 13.2 Å². The maximum Gasteiger partial charge on any atom is 0.416 e. The number of imide groups is 1. The lowest BCUT2D eigenvalue weighted by atomic mass is 10.1. The molecule has 28 heavy (non-hydrogen) atoms. The number of hydrogen-bond acceptors (Lipinski definition) is 4. The Bertz CT molecular complexity index is 939. The van der Waals surface area contributed by atoms with Crippen molar-refractivity contribution in [3.63, 3.8) is 0 Å². The highest BCUT2D eigenvalue weighted by atomic mass is 19.4. The van der Waals surface area contributed by atoms with Gasteiger partial charge in [-0.25, -0.2) is 0 Å². The normalized spacial score (nSPS) is 13.5. The van der Waals surface area contributed by atoms with Crippen LogP contribution in [0.15, 0.2) is 42.5 Å². The molecule has 0 aliphatic carbocycles. The minimum Gasteiger partial charge on any atom is -0.492 e. The second-order valence-corrected chi connectivity index (χ2v) is 6.06. The van der Waals surface area contributed by atoms with Gasteiger partial charge in [0.15, 0.2) is 0 Å². The number of fused-ring (bicyclic) bond motifs is 1. The van der Waals surface area contributed by atoms with Crippen LogP contribution in [-0.4, -0.2) is 42.8 Å². The van der Waals surface area contributed by atoms with Crippen molar-refractivity contribution in [2.75, 3.05) is 20.2 Å². The Balaban J connectivity index is 1.53. The van der Waals surface area contributed by atoms with Gasteiger partial charge in [0.1, 0.15) is 12.4 Å². The Hall–Kier alpha value is -3.36. The minimum absolute atomic E-state index is 0.0438. The average Bonchev–Trinajstić information content (AvgIpc) is 2.88. The van der Waals surface area contributed by atoms with Crippen molar-refractivity contribution in [2.45, 2.75) is 6.18 Å². The van der Waals surface area contributed by atoms with Crippen LogP contribution in [0.25, 0.3) is 0 Å². The SMILES string of the molecule is CN1C(=O)c2ccc(C(=O)NCCOc3ccc(C(F)(F)F)cc3)cc2C1=O. The number of benzene rings is 2. The predicted octanol–water partition coefficient (Wildman–Crippen LogP) is 2.74. The van der Waals surface area contributed by atoms with Crippen LogP contribution < -0.4 is 10.1 Å². The molecule has 0 aromatic heterocycles. The molecule has 0 radical (unpaired) electrons. The molecule has 0 saturated carbocycles. The van der Waals surface area contributed by atoms with Crippen molar-refractivity contribution in [1.82, 2.24) is 10.2 Å². The van der Waals surface area contributed by atoms with Crippen LogP contribution in [0, 0.1) is 0 Å². The molecule has 1 aliphatic heterocycles. The zero-order valence-corrected chi connectivity index (χ0v) is 14.7.